The molecule has 0 radical (unpaired) electrons. The average molecular weight is 405 g/mol. The Labute approximate surface area is 139 Å². The number of ether oxygens (including phenoxy) is 1. The summed E-state index contributed by atoms with van der Waals surface area (Å²) in [5.74, 6) is -1.72. The quantitative estimate of drug-likeness (QED) is 0.662. The van der Waals surface area contributed by atoms with Crippen molar-refractivity contribution in [1.29, 1.82) is 0 Å². The fraction of sp³-hybridized carbons (Fsp3) is 0.571. The Morgan fingerprint density at radius 1 is 1.27 bits per heavy atom. The van der Waals surface area contributed by atoms with Crippen molar-refractivity contribution in [3.05, 3.63) is 27.4 Å². The number of hydrogen-bond acceptors (Lipinski definition) is 2. The molecule has 1 aliphatic rings. The van der Waals surface area contributed by atoms with Crippen molar-refractivity contribution in [2.75, 3.05) is 26.2 Å². The van der Waals surface area contributed by atoms with Crippen LogP contribution in [-0.4, -0.2) is 37.3 Å². The lowest BCUT2D eigenvalue weighted by Gasteiger charge is -2.32. The molecule has 8 heteroatoms. The van der Waals surface area contributed by atoms with Crippen molar-refractivity contribution in [2.45, 2.75) is 19.0 Å². The minimum atomic E-state index is -4.11. The molecule has 1 aromatic carbocycles. The molecule has 2 rings (SSSR count). The number of nitrogens with zero attached hydrogens (tertiary/aromatic N) is 1. The molecule has 1 fully saturated rings. The van der Waals surface area contributed by atoms with Gasteiger partial charge in [-0.1, -0.05) is 11.6 Å². The summed E-state index contributed by atoms with van der Waals surface area (Å²) in [5, 5.41) is 0.256. The lowest BCUT2D eigenvalue weighted by Crippen LogP contribution is -2.40. The smallest absolute Gasteiger partial charge is 0.391 e. The standard InChI is InChI=1S/C14H15BrClF4NO/c15-11-7-10(16)8-12(17)13(11)22-6-5-21-3-1-9(2-4-21)14(18,19)20/h7-9H,1-6H2. The van der Waals surface area contributed by atoms with Crippen LogP contribution < -0.4 is 4.74 Å². The van der Waals surface area contributed by atoms with Gasteiger partial charge in [0.1, 0.15) is 6.61 Å². The molecule has 0 aliphatic carbocycles. The van der Waals surface area contributed by atoms with E-state index in [9.17, 15) is 17.6 Å². The molecule has 0 unspecified atom stereocenters. The van der Waals surface area contributed by atoms with Crippen LogP contribution in [0, 0.1) is 11.7 Å². The molecule has 1 saturated heterocycles. The number of rotatable bonds is 4. The van der Waals surface area contributed by atoms with Gasteiger partial charge in [-0.05, 0) is 54.0 Å². The fourth-order valence-corrected chi connectivity index (χ4v) is 3.31. The number of piperidine rings is 1. The second kappa shape index (κ2) is 7.36. The van der Waals surface area contributed by atoms with Crippen molar-refractivity contribution in [3.63, 3.8) is 0 Å². The van der Waals surface area contributed by atoms with E-state index in [0.717, 1.165) is 6.07 Å². The van der Waals surface area contributed by atoms with Crippen molar-refractivity contribution >= 4 is 27.5 Å². The first kappa shape index (κ1) is 17.8. The molecule has 0 saturated carbocycles. The molecule has 0 spiro atoms. The number of hydrogen-bond donors (Lipinski definition) is 0. The summed E-state index contributed by atoms with van der Waals surface area (Å²) in [4.78, 5) is 1.89. The van der Waals surface area contributed by atoms with Gasteiger partial charge < -0.3 is 4.74 Å². The van der Waals surface area contributed by atoms with E-state index in [0.29, 0.717) is 24.1 Å². The SMILES string of the molecule is Fc1cc(Cl)cc(Br)c1OCCN1CCC(C(F)(F)F)CC1. The van der Waals surface area contributed by atoms with Crippen LogP contribution in [0.4, 0.5) is 17.6 Å². The van der Waals surface area contributed by atoms with E-state index in [1.54, 1.807) is 0 Å². The normalized spacial score (nSPS) is 17.7. The topological polar surface area (TPSA) is 12.5 Å². The third-order valence-electron chi connectivity index (χ3n) is 3.67. The van der Waals surface area contributed by atoms with Crippen LogP contribution in [0.1, 0.15) is 12.8 Å². The third kappa shape index (κ3) is 4.73. The predicted molar refractivity (Wildman–Crippen MR) is 79.8 cm³/mol. The summed E-state index contributed by atoms with van der Waals surface area (Å²) < 4.78 is 57.2. The van der Waals surface area contributed by atoms with Crippen molar-refractivity contribution < 1.29 is 22.3 Å². The van der Waals surface area contributed by atoms with E-state index in [1.165, 1.54) is 6.07 Å². The van der Waals surface area contributed by atoms with E-state index in [1.807, 2.05) is 4.90 Å². The predicted octanol–water partition coefficient (Wildman–Crippen LogP) is 4.89. The molecule has 2 nitrogen and oxygen atoms in total. The maximum Gasteiger partial charge on any atom is 0.391 e. The molecule has 0 aromatic heterocycles. The number of likely N-dealkylation sites (tertiary alicyclic amines) is 1. The summed E-state index contributed by atoms with van der Waals surface area (Å²) in [6.45, 7) is 1.41. The molecule has 0 amide bonds. The van der Waals surface area contributed by atoms with Gasteiger partial charge in [0.05, 0.1) is 10.4 Å². The largest absolute Gasteiger partial charge is 0.488 e. The second-order valence-electron chi connectivity index (χ2n) is 5.20. The molecule has 0 N–H and O–H groups in total. The molecule has 22 heavy (non-hydrogen) atoms. The van der Waals surface area contributed by atoms with E-state index >= 15 is 0 Å². The first-order chi connectivity index (χ1) is 10.3. The third-order valence-corrected chi connectivity index (χ3v) is 4.47. The number of halogens is 6. The van der Waals surface area contributed by atoms with E-state index < -0.39 is 17.9 Å². The zero-order valence-electron chi connectivity index (χ0n) is 11.6. The lowest BCUT2D eigenvalue weighted by atomic mass is 9.96. The Kier molecular flexibility index (Phi) is 5.96. The monoisotopic (exact) mass is 403 g/mol. The Balaban J connectivity index is 1.79. The van der Waals surface area contributed by atoms with Crippen LogP contribution in [0.5, 0.6) is 5.75 Å². The van der Waals surface area contributed by atoms with Gasteiger partial charge in [-0.15, -0.1) is 0 Å². The van der Waals surface area contributed by atoms with Crippen LogP contribution >= 0.6 is 27.5 Å². The summed E-state index contributed by atoms with van der Waals surface area (Å²) in [6, 6.07) is 2.67. The van der Waals surface area contributed by atoms with Crippen molar-refractivity contribution in [3.8, 4) is 5.75 Å². The first-order valence-corrected chi connectivity index (χ1v) is 8.01. The van der Waals surface area contributed by atoms with Crippen LogP contribution in [-0.2, 0) is 0 Å². The molecular formula is C14H15BrClF4NO. The fourth-order valence-electron chi connectivity index (χ4n) is 2.43. The first-order valence-electron chi connectivity index (χ1n) is 6.84. The summed E-state index contributed by atoms with van der Waals surface area (Å²) >= 11 is 8.87. The molecule has 124 valence electrons. The molecular weight excluding hydrogens is 390 g/mol. The highest BCUT2D eigenvalue weighted by Crippen LogP contribution is 2.34. The van der Waals surface area contributed by atoms with Gasteiger partial charge in [0.2, 0.25) is 0 Å². The highest BCUT2D eigenvalue weighted by molar-refractivity contribution is 9.10. The molecule has 0 atom stereocenters. The van der Waals surface area contributed by atoms with Gasteiger partial charge in [0.15, 0.2) is 11.6 Å². The Hall–Kier alpha value is -0.530. The molecule has 1 aliphatic heterocycles. The van der Waals surface area contributed by atoms with Crippen LogP contribution in [0.2, 0.25) is 5.02 Å². The maximum absolute atomic E-state index is 13.7. The van der Waals surface area contributed by atoms with Crippen molar-refractivity contribution in [2.24, 2.45) is 5.92 Å². The van der Waals surface area contributed by atoms with Gasteiger partial charge in [-0.2, -0.15) is 13.2 Å². The Morgan fingerprint density at radius 3 is 2.45 bits per heavy atom. The van der Waals surface area contributed by atoms with Crippen LogP contribution in [0.15, 0.2) is 16.6 Å². The lowest BCUT2D eigenvalue weighted by molar-refractivity contribution is -0.185. The second-order valence-corrected chi connectivity index (χ2v) is 6.50. The van der Waals surface area contributed by atoms with Gasteiger partial charge in [0.25, 0.3) is 0 Å². The number of benzene rings is 1. The van der Waals surface area contributed by atoms with E-state index in [4.69, 9.17) is 16.3 Å². The van der Waals surface area contributed by atoms with E-state index in [2.05, 4.69) is 15.9 Å². The molecule has 1 aromatic rings. The van der Waals surface area contributed by atoms with Gasteiger partial charge in [-0.3, -0.25) is 4.90 Å². The summed E-state index contributed by atoms with van der Waals surface area (Å²) in [5.41, 5.74) is 0. The highest BCUT2D eigenvalue weighted by Gasteiger charge is 2.40. The Bertz CT molecular complexity index is 495. The minimum absolute atomic E-state index is 0.0644. The maximum atomic E-state index is 13.7. The average Bonchev–Trinajstić information content (AvgIpc) is 2.41. The highest BCUT2D eigenvalue weighted by atomic mass is 79.9. The van der Waals surface area contributed by atoms with Gasteiger partial charge in [-0.25, -0.2) is 4.39 Å². The van der Waals surface area contributed by atoms with Crippen LogP contribution in [0.3, 0.4) is 0 Å². The minimum Gasteiger partial charge on any atom is -0.488 e. The van der Waals surface area contributed by atoms with Gasteiger partial charge >= 0.3 is 6.18 Å². The zero-order chi connectivity index (χ0) is 16.3. The summed E-state index contributed by atoms with van der Waals surface area (Å²) in [6.07, 6.45) is -3.91. The Morgan fingerprint density at radius 2 is 1.91 bits per heavy atom. The molecule has 1 heterocycles. The zero-order valence-corrected chi connectivity index (χ0v) is 13.9. The van der Waals surface area contributed by atoms with Crippen LogP contribution in [0.25, 0.3) is 0 Å². The summed E-state index contributed by atoms with van der Waals surface area (Å²) in [7, 11) is 0. The number of alkyl halides is 3. The van der Waals surface area contributed by atoms with Gasteiger partial charge in [0, 0.05) is 11.6 Å². The van der Waals surface area contributed by atoms with Crippen molar-refractivity contribution in [1.82, 2.24) is 4.90 Å². The molecule has 0 bridgehead atoms. The van der Waals surface area contributed by atoms with E-state index in [-0.39, 0.29) is 30.2 Å².